The zero-order valence-corrected chi connectivity index (χ0v) is 14.4. The maximum absolute atomic E-state index is 13.0. The summed E-state index contributed by atoms with van der Waals surface area (Å²) in [5, 5.41) is 10.9. The number of amides is 1. The van der Waals surface area contributed by atoms with Gasteiger partial charge in [-0.25, -0.2) is 4.98 Å². The summed E-state index contributed by atoms with van der Waals surface area (Å²) >= 11 is 6.13. The van der Waals surface area contributed by atoms with Crippen molar-refractivity contribution in [2.24, 2.45) is 0 Å². The van der Waals surface area contributed by atoms with E-state index in [-0.39, 0.29) is 28.2 Å². The molecular weight excluding hydrogens is 356 g/mol. The number of H-pyrrole nitrogens is 1. The number of nitro groups is 1. The number of nitrogens with zero attached hydrogens (tertiary/aromatic N) is 3. The van der Waals surface area contributed by atoms with Gasteiger partial charge in [0.1, 0.15) is 5.82 Å². The molecule has 0 aliphatic carbocycles. The van der Waals surface area contributed by atoms with Crippen LogP contribution in [-0.2, 0) is 0 Å². The summed E-state index contributed by atoms with van der Waals surface area (Å²) in [6, 6.07) is 11.5. The van der Waals surface area contributed by atoms with Crippen molar-refractivity contribution in [1.82, 2.24) is 14.9 Å². The Balaban J connectivity index is 1.65. The van der Waals surface area contributed by atoms with Crippen molar-refractivity contribution in [3.63, 3.8) is 0 Å². The van der Waals surface area contributed by atoms with Crippen molar-refractivity contribution in [2.75, 3.05) is 6.54 Å². The number of hydrogen-bond acceptors (Lipinski definition) is 4. The number of aromatic nitrogens is 2. The van der Waals surface area contributed by atoms with Crippen LogP contribution >= 0.6 is 11.6 Å². The monoisotopic (exact) mass is 370 g/mol. The number of para-hydroxylation sites is 2. The molecule has 0 unspecified atom stereocenters. The third kappa shape index (κ3) is 2.80. The van der Waals surface area contributed by atoms with Crippen LogP contribution in [0.25, 0.3) is 11.0 Å². The van der Waals surface area contributed by atoms with Gasteiger partial charge in [-0.2, -0.15) is 0 Å². The van der Waals surface area contributed by atoms with Crippen LogP contribution in [0.3, 0.4) is 0 Å². The second-order valence-electron chi connectivity index (χ2n) is 6.22. The molecule has 1 saturated heterocycles. The van der Waals surface area contributed by atoms with Crippen LogP contribution in [0.2, 0.25) is 5.02 Å². The molecule has 4 rings (SSSR count). The number of aromatic amines is 1. The Morgan fingerprint density at radius 1 is 1.31 bits per heavy atom. The Morgan fingerprint density at radius 3 is 2.85 bits per heavy atom. The molecule has 1 aliphatic rings. The SMILES string of the molecule is O=C(c1ccc([N+](=O)[O-])cc1Cl)N1CCC[C@@H]1c1nc2ccccc2[nH]1. The number of benzene rings is 2. The van der Waals surface area contributed by atoms with Crippen molar-refractivity contribution < 1.29 is 9.72 Å². The molecule has 0 saturated carbocycles. The highest BCUT2D eigenvalue weighted by molar-refractivity contribution is 6.34. The Kier molecular flexibility index (Phi) is 4.08. The Bertz CT molecular complexity index is 984. The number of fused-ring (bicyclic) bond motifs is 1. The molecular formula is C18H15ClN4O3. The molecule has 1 aliphatic heterocycles. The Hall–Kier alpha value is -2.93. The first-order chi connectivity index (χ1) is 12.5. The van der Waals surface area contributed by atoms with Crippen LogP contribution in [0.1, 0.15) is 35.1 Å². The molecule has 0 radical (unpaired) electrons. The zero-order valence-electron chi connectivity index (χ0n) is 13.7. The summed E-state index contributed by atoms with van der Waals surface area (Å²) in [5.41, 5.74) is 1.91. The fraction of sp³-hybridized carbons (Fsp3) is 0.222. The predicted octanol–water partition coefficient (Wildman–Crippen LogP) is 4.10. The first-order valence-corrected chi connectivity index (χ1v) is 8.62. The van der Waals surface area contributed by atoms with Gasteiger partial charge >= 0.3 is 0 Å². The number of nitrogens with one attached hydrogen (secondary N) is 1. The number of carbonyl (C=O) groups is 1. The molecule has 0 spiro atoms. The van der Waals surface area contributed by atoms with Gasteiger partial charge in [-0.3, -0.25) is 14.9 Å². The molecule has 1 N–H and O–H groups in total. The molecule has 2 heterocycles. The highest BCUT2D eigenvalue weighted by Crippen LogP contribution is 2.34. The van der Waals surface area contributed by atoms with Crippen LogP contribution in [0, 0.1) is 10.1 Å². The molecule has 1 fully saturated rings. The van der Waals surface area contributed by atoms with Crippen LogP contribution in [0.4, 0.5) is 5.69 Å². The number of likely N-dealkylation sites (tertiary alicyclic amines) is 1. The average molecular weight is 371 g/mol. The Morgan fingerprint density at radius 2 is 2.12 bits per heavy atom. The van der Waals surface area contributed by atoms with Gasteiger partial charge in [-0.05, 0) is 31.0 Å². The third-order valence-corrected chi connectivity index (χ3v) is 4.94. The van der Waals surface area contributed by atoms with Crippen LogP contribution < -0.4 is 0 Å². The number of hydrogen-bond donors (Lipinski definition) is 1. The maximum Gasteiger partial charge on any atom is 0.270 e. The molecule has 0 bridgehead atoms. The van der Waals surface area contributed by atoms with E-state index in [0.29, 0.717) is 6.54 Å². The fourth-order valence-corrected chi connectivity index (χ4v) is 3.63. The zero-order chi connectivity index (χ0) is 18.3. The van der Waals surface area contributed by atoms with E-state index in [4.69, 9.17) is 11.6 Å². The second kappa shape index (κ2) is 6.42. The highest BCUT2D eigenvalue weighted by Gasteiger charge is 2.33. The highest BCUT2D eigenvalue weighted by atomic mass is 35.5. The second-order valence-corrected chi connectivity index (χ2v) is 6.62. The minimum absolute atomic E-state index is 0.0828. The van der Waals surface area contributed by atoms with Gasteiger partial charge < -0.3 is 9.88 Å². The Labute approximate surface area is 153 Å². The summed E-state index contributed by atoms with van der Waals surface area (Å²) in [5.74, 6) is 0.503. The van der Waals surface area contributed by atoms with E-state index in [1.54, 1.807) is 4.90 Å². The first-order valence-electron chi connectivity index (χ1n) is 8.24. The fourth-order valence-electron chi connectivity index (χ4n) is 3.37. The predicted molar refractivity (Wildman–Crippen MR) is 97.2 cm³/mol. The minimum Gasteiger partial charge on any atom is -0.340 e. The van der Waals surface area contributed by atoms with Crippen molar-refractivity contribution in [2.45, 2.75) is 18.9 Å². The minimum atomic E-state index is -0.535. The van der Waals surface area contributed by atoms with Gasteiger partial charge in [-0.15, -0.1) is 0 Å². The van der Waals surface area contributed by atoms with Crippen molar-refractivity contribution in [1.29, 1.82) is 0 Å². The number of non-ortho nitro benzene ring substituents is 1. The number of imidazole rings is 1. The van der Waals surface area contributed by atoms with E-state index in [2.05, 4.69) is 9.97 Å². The smallest absolute Gasteiger partial charge is 0.270 e. The molecule has 1 aromatic heterocycles. The lowest BCUT2D eigenvalue weighted by Gasteiger charge is -2.23. The van der Waals surface area contributed by atoms with Gasteiger partial charge in [0, 0.05) is 18.7 Å². The quantitative estimate of drug-likeness (QED) is 0.554. The maximum atomic E-state index is 13.0. The lowest BCUT2D eigenvalue weighted by Crippen LogP contribution is -2.31. The van der Waals surface area contributed by atoms with E-state index in [0.717, 1.165) is 29.7 Å². The van der Waals surface area contributed by atoms with Crippen molar-refractivity contribution in [3.05, 3.63) is 69.0 Å². The first kappa shape index (κ1) is 16.5. The van der Waals surface area contributed by atoms with Gasteiger partial charge in [0.15, 0.2) is 0 Å². The number of halogens is 1. The van der Waals surface area contributed by atoms with Gasteiger partial charge in [0.2, 0.25) is 0 Å². The molecule has 1 amide bonds. The number of nitro benzene ring substituents is 1. The van der Waals surface area contributed by atoms with E-state index in [1.165, 1.54) is 18.2 Å². The molecule has 2 aromatic carbocycles. The van der Waals surface area contributed by atoms with Crippen LogP contribution in [-0.4, -0.2) is 32.2 Å². The number of carbonyl (C=O) groups excluding carboxylic acids is 1. The average Bonchev–Trinajstić information content (AvgIpc) is 3.27. The van der Waals surface area contributed by atoms with E-state index < -0.39 is 4.92 Å². The standard InChI is InChI=1S/C18H15ClN4O3/c19-13-10-11(23(25)26)7-8-12(13)18(24)22-9-3-6-16(22)17-20-14-4-1-2-5-15(14)21-17/h1-2,4-5,7-8,10,16H,3,6,9H2,(H,20,21)/t16-/m1/s1. The van der Waals surface area contributed by atoms with E-state index >= 15 is 0 Å². The van der Waals surface area contributed by atoms with E-state index in [1.807, 2.05) is 24.3 Å². The normalized spacial score (nSPS) is 17.0. The molecule has 7 nitrogen and oxygen atoms in total. The van der Waals surface area contributed by atoms with Crippen molar-refractivity contribution >= 4 is 34.2 Å². The lowest BCUT2D eigenvalue weighted by molar-refractivity contribution is -0.384. The molecule has 8 heteroatoms. The van der Waals surface area contributed by atoms with Crippen molar-refractivity contribution in [3.8, 4) is 0 Å². The van der Waals surface area contributed by atoms with Gasteiger partial charge in [0.05, 0.1) is 32.6 Å². The summed E-state index contributed by atoms with van der Waals surface area (Å²) in [6.45, 7) is 0.591. The molecule has 3 aromatic rings. The molecule has 26 heavy (non-hydrogen) atoms. The van der Waals surface area contributed by atoms with Crippen LogP contribution in [0.5, 0.6) is 0 Å². The lowest BCUT2D eigenvalue weighted by atomic mass is 10.1. The third-order valence-electron chi connectivity index (χ3n) is 4.63. The summed E-state index contributed by atoms with van der Waals surface area (Å²) < 4.78 is 0. The molecule has 132 valence electrons. The number of rotatable bonds is 3. The topological polar surface area (TPSA) is 92.1 Å². The summed E-state index contributed by atoms with van der Waals surface area (Å²) in [7, 11) is 0. The van der Waals surface area contributed by atoms with Gasteiger partial charge in [-0.1, -0.05) is 23.7 Å². The van der Waals surface area contributed by atoms with Gasteiger partial charge in [0.25, 0.3) is 11.6 Å². The van der Waals surface area contributed by atoms with Crippen LogP contribution in [0.15, 0.2) is 42.5 Å². The largest absolute Gasteiger partial charge is 0.340 e. The summed E-state index contributed by atoms with van der Waals surface area (Å²) in [4.78, 5) is 32.9. The van der Waals surface area contributed by atoms with E-state index in [9.17, 15) is 14.9 Å². The molecule has 1 atom stereocenters. The summed E-state index contributed by atoms with van der Waals surface area (Å²) in [6.07, 6.45) is 1.66.